The quantitative estimate of drug-likeness (QED) is 0.267. The number of carbonyl (C=O) groups is 1. The summed E-state index contributed by atoms with van der Waals surface area (Å²) >= 11 is 0. The van der Waals surface area contributed by atoms with Crippen molar-refractivity contribution in [1.29, 1.82) is 0 Å². The summed E-state index contributed by atoms with van der Waals surface area (Å²) in [5.41, 5.74) is 4.04. The van der Waals surface area contributed by atoms with E-state index >= 15 is 0 Å². The maximum Gasteiger partial charge on any atom is 0.279 e. The van der Waals surface area contributed by atoms with Crippen LogP contribution in [0.2, 0.25) is 0 Å². The Balaban J connectivity index is 0.00000353. The van der Waals surface area contributed by atoms with Gasteiger partial charge in [0.05, 0.1) is 30.3 Å². The molecule has 4 aromatic rings. The first-order chi connectivity index (χ1) is 19.8. The highest BCUT2D eigenvalue weighted by Crippen LogP contribution is 2.24. The van der Waals surface area contributed by atoms with Crippen LogP contribution in [-0.2, 0) is 13.1 Å². The Bertz CT molecular complexity index is 1500. The van der Waals surface area contributed by atoms with Crippen LogP contribution < -0.4 is 10.6 Å². The zero-order chi connectivity index (χ0) is 28.4. The standard InChI is InChI=1S/C29H35F2N9O.ClH/c1-20-3-2-12-39(20)17-27-34-24-9-8-23(15-25(24)35-27)33-28(41)22-6-4-21(5-7-22)26-16-40(37-36-26)19-29(30,31)18-38-13-10-32-11-14-38;/h4-9,15-16,20,32H,2-3,10-14,17-19H2,1H3,(H,33,41)(H,34,35);1H/t20-;/m0./s1. The molecule has 224 valence electrons. The van der Waals surface area contributed by atoms with E-state index in [9.17, 15) is 13.6 Å². The molecule has 0 aliphatic carbocycles. The van der Waals surface area contributed by atoms with Crippen LogP contribution in [0, 0.1) is 0 Å². The molecule has 2 aliphatic rings. The minimum Gasteiger partial charge on any atom is -0.341 e. The second-order valence-electron chi connectivity index (χ2n) is 11.1. The van der Waals surface area contributed by atoms with Gasteiger partial charge in [-0.05, 0) is 56.6 Å². The van der Waals surface area contributed by atoms with Crippen molar-refractivity contribution in [2.45, 2.75) is 44.8 Å². The number of nitrogens with one attached hydrogen (secondary N) is 3. The van der Waals surface area contributed by atoms with Crippen LogP contribution in [0.15, 0.2) is 48.7 Å². The molecule has 2 aromatic heterocycles. The first-order valence-electron chi connectivity index (χ1n) is 14.2. The molecule has 2 aromatic carbocycles. The number of hydrogen-bond acceptors (Lipinski definition) is 7. The lowest BCUT2D eigenvalue weighted by Crippen LogP contribution is -2.49. The number of fused-ring (bicyclic) bond motifs is 1. The number of nitrogens with zero attached hydrogens (tertiary/aromatic N) is 6. The van der Waals surface area contributed by atoms with Crippen molar-refractivity contribution in [2.75, 3.05) is 44.6 Å². The topological polar surface area (TPSA) is 107 Å². The van der Waals surface area contributed by atoms with E-state index < -0.39 is 12.5 Å². The molecular formula is C29H36ClF2N9O. The summed E-state index contributed by atoms with van der Waals surface area (Å²) in [7, 11) is 0. The molecule has 0 spiro atoms. The van der Waals surface area contributed by atoms with Crippen LogP contribution in [0.3, 0.4) is 0 Å². The zero-order valence-corrected chi connectivity index (χ0v) is 24.3. The van der Waals surface area contributed by atoms with Gasteiger partial charge in [0.1, 0.15) is 18.1 Å². The van der Waals surface area contributed by atoms with Gasteiger partial charge in [-0.1, -0.05) is 17.3 Å². The Labute approximate surface area is 249 Å². The summed E-state index contributed by atoms with van der Waals surface area (Å²) < 4.78 is 30.4. The number of rotatable bonds is 9. The molecular weight excluding hydrogens is 564 g/mol. The van der Waals surface area contributed by atoms with Crippen LogP contribution in [-0.4, -0.2) is 91.9 Å². The number of piperazine rings is 1. The van der Waals surface area contributed by atoms with E-state index in [0.29, 0.717) is 41.6 Å². The lowest BCUT2D eigenvalue weighted by atomic mass is 10.1. The smallest absolute Gasteiger partial charge is 0.279 e. The third-order valence-electron chi connectivity index (χ3n) is 7.87. The average molecular weight is 600 g/mol. The van der Waals surface area contributed by atoms with Crippen molar-refractivity contribution in [3.8, 4) is 11.3 Å². The largest absolute Gasteiger partial charge is 0.341 e. The van der Waals surface area contributed by atoms with Crippen LogP contribution in [0.25, 0.3) is 22.3 Å². The lowest BCUT2D eigenvalue weighted by Gasteiger charge is -2.30. The number of hydrogen-bond donors (Lipinski definition) is 3. The number of aromatic amines is 1. The predicted molar refractivity (Wildman–Crippen MR) is 160 cm³/mol. The average Bonchev–Trinajstić information content (AvgIpc) is 3.69. The van der Waals surface area contributed by atoms with E-state index in [1.54, 1.807) is 29.2 Å². The summed E-state index contributed by atoms with van der Waals surface area (Å²) in [5, 5.41) is 14.1. The number of likely N-dealkylation sites (tertiary alicyclic amines) is 1. The Morgan fingerprint density at radius 2 is 1.88 bits per heavy atom. The van der Waals surface area contributed by atoms with Gasteiger partial charge >= 0.3 is 0 Å². The molecule has 1 amide bonds. The number of aromatic nitrogens is 5. The predicted octanol–water partition coefficient (Wildman–Crippen LogP) is 4.02. The van der Waals surface area contributed by atoms with Gasteiger partial charge in [0.2, 0.25) is 0 Å². The van der Waals surface area contributed by atoms with Crippen molar-refractivity contribution in [3.05, 3.63) is 60.0 Å². The van der Waals surface area contributed by atoms with Crippen LogP contribution in [0.5, 0.6) is 0 Å². The highest BCUT2D eigenvalue weighted by Gasteiger charge is 2.33. The van der Waals surface area contributed by atoms with Crippen LogP contribution in [0.1, 0.15) is 35.9 Å². The van der Waals surface area contributed by atoms with E-state index in [-0.39, 0.29) is 24.9 Å². The van der Waals surface area contributed by atoms with Crippen molar-refractivity contribution in [3.63, 3.8) is 0 Å². The lowest BCUT2D eigenvalue weighted by molar-refractivity contribution is -0.0509. The molecule has 13 heteroatoms. The summed E-state index contributed by atoms with van der Waals surface area (Å²) in [5.74, 6) is -2.25. The number of H-pyrrole nitrogens is 1. The molecule has 4 heterocycles. The van der Waals surface area contributed by atoms with Gasteiger partial charge in [-0.3, -0.25) is 14.6 Å². The van der Waals surface area contributed by atoms with E-state index in [1.165, 1.54) is 23.7 Å². The number of imidazole rings is 1. The molecule has 2 aliphatic heterocycles. The molecule has 0 bridgehead atoms. The molecule has 6 rings (SSSR count). The summed E-state index contributed by atoms with van der Waals surface area (Å²) in [6.45, 7) is 5.93. The van der Waals surface area contributed by atoms with Gasteiger partial charge in [-0.25, -0.2) is 18.4 Å². The van der Waals surface area contributed by atoms with E-state index in [1.807, 2.05) is 18.2 Å². The minimum absolute atomic E-state index is 0. The third kappa shape index (κ3) is 7.12. The second kappa shape index (κ2) is 12.8. The number of anilines is 1. The molecule has 0 radical (unpaired) electrons. The Morgan fingerprint density at radius 1 is 1.10 bits per heavy atom. The molecule has 0 unspecified atom stereocenters. The molecule has 10 nitrogen and oxygen atoms in total. The number of benzene rings is 2. The van der Waals surface area contributed by atoms with Crippen molar-refractivity contribution in [1.82, 2.24) is 40.1 Å². The Hall–Kier alpha value is -3.45. The van der Waals surface area contributed by atoms with Crippen molar-refractivity contribution >= 4 is 35.0 Å². The summed E-state index contributed by atoms with van der Waals surface area (Å²) in [6.07, 6.45) is 3.95. The van der Waals surface area contributed by atoms with Crippen LogP contribution >= 0.6 is 12.4 Å². The van der Waals surface area contributed by atoms with Crippen molar-refractivity contribution in [2.24, 2.45) is 0 Å². The number of halogens is 3. The summed E-state index contributed by atoms with van der Waals surface area (Å²) in [4.78, 5) is 25.2. The van der Waals surface area contributed by atoms with Gasteiger partial charge in [0.15, 0.2) is 0 Å². The highest BCUT2D eigenvalue weighted by molar-refractivity contribution is 6.05. The van der Waals surface area contributed by atoms with E-state index in [0.717, 1.165) is 43.0 Å². The third-order valence-corrected chi connectivity index (χ3v) is 7.87. The first kappa shape index (κ1) is 30.0. The van der Waals surface area contributed by atoms with Crippen molar-refractivity contribution < 1.29 is 13.6 Å². The fourth-order valence-electron chi connectivity index (χ4n) is 5.62. The van der Waals surface area contributed by atoms with Gasteiger partial charge in [0.25, 0.3) is 11.8 Å². The maximum absolute atomic E-state index is 14.6. The molecule has 1 atom stereocenters. The van der Waals surface area contributed by atoms with Gasteiger partial charge in [-0.15, -0.1) is 17.5 Å². The maximum atomic E-state index is 14.6. The highest BCUT2D eigenvalue weighted by atomic mass is 35.5. The van der Waals surface area contributed by atoms with Gasteiger partial charge < -0.3 is 15.6 Å². The fraction of sp³-hybridized carbons (Fsp3) is 0.448. The molecule has 3 N–H and O–H groups in total. The van der Waals surface area contributed by atoms with Gasteiger partial charge in [0, 0.05) is 49.0 Å². The summed E-state index contributed by atoms with van der Waals surface area (Å²) in [6, 6.07) is 13.1. The number of carbonyl (C=O) groups excluding carboxylic acids is 1. The number of amides is 1. The minimum atomic E-state index is -2.92. The normalized spacial score (nSPS) is 18.3. The number of alkyl halides is 2. The first-order valence-corrected chi connectivity index (χ1v) is 14.2. The molecule has 42 heavy (non-hydrogen) atoms. The SMILES string of the molecule is C[C@H]1CCCN1Cc1nc2ccc(NC(=O)c3ccc(-c4cn(CC(F)(F)CN5CCNCC5)nn4)cc3)cc2[nH]1.Cl. The Kier molecular flexibility index (Phi) is 9.16. The zero-order valence-electron chi connectivity index (χ0n) is 23.5. The monoisotopic (exact) mass is 599 g/mol. The molecule has 2 saturated heterocycles. The Morgan fingerprint density at radius 3 is 2.62 bits per heavy atom. The molecule has 2 fully saturated rings. The second-order valence-corrected chi connectivity index (χ2v) is 11.1. The molecule has 0 saturated carbocycles. The van der Waals surface area contributed by atoms with Crippen LogP contribution in [0.4, 0.5) is 14.5 Å². The van der Waals surface area contributed by atoms with Gasteiger partial charge in [-0.2, -0.15) is 0 Å². The van der Waals surface area contributed by atoms with E-state index in [4.69, 9.17) is 4.98 Å². The fourth-order valence-corrected chi connectivity index (χ4v) is 5.62. The van der Waals surface area contributed by atoms with E-state index in [2.05, 4.69) is 37.8 Å².